The second-order valence-corrected chi connectivity index (χ2v) is 3.89. The average molecular weight is 284 g/mol. The molecule has 0 saturated heterocycles. The van der Waals surface area contributed by atoms with Crippen molar-refractivity contribution < 1.29 is 19.2 Å². The lowest BCUT2D eigenvalue weighted by molar-refractivity contribution is -0.384. The van der Waals surface area contributed by atoms with Crippen LogP contribution in [0.3, 0.4) is 0 Å². The lowest BCUT2D eigenvalue weighted by atomic mass is 9.93. The number of carbonyl (C=O) groups excluding carboxylic acids is 2. The first kappa shape index (κ1) is 14.1. The number of nitrogens with zero attached hydrogens (tertiary/aromatic N) is 2. The Kier molecular flexibility index (Phi) is 3.35. The number of hydrogen-bond donors (Lipinski definition) is 0. The van der Waals surface area contributed by atoms with Gasteiger partial charge in [0.2, 0.25) is 0 Å². The smallest absolute Gasteiger partial charge is 0.354 e. The van der Waals surface area contributed by atoms with Crippen molar-refractivity contribution >= 4 is 41.3 Å². The van der Waals surface area contributed by atoms with E-state index in [0.29, 0.717) is 0 Å². The Bertz CT molecular complexity index is 782. The van der Waals surface area contributed by atoms with E-state index >= 15 is 0 Å². The van der Waals surface area contributed by atoms with Crippen LogP contribution in [0.15, 0.2) is 24.7 Å². The molecule has 0 aliphatic carbocycles. The molecule has 7 heteroatoms. The van der Waals surface area contributed by atoms with Crippen molar-refractivity contribution in [2.45, 2.75) is 0 Å². The highest BCUT2D eigenvalue weighted by Gasteiger charge is 2.42. The minimum absolute atomic E-state index is 0.176. The minimum Gasteiger partial charge on any atom is -0.385 e. The summed E-state index contributed by atoms with van der Waals surface area (Å²) in [4.78, 5) is 37.7. The van der Waals surface area contributed by atoms with Gasteiger partial charge < -0.3 is 4.74 Å². The molecule has 0 aromatic heterocycles. The molecular formula is C14H8N2O5. The highest BCUT2D eigenvalue weighted by molar-refractivity contribution is 6.20. The molecular weight excluding hydrogens is 276 g/mol. The molecule has 0 unspecified atom stereocenters. The fourth-order valence-corrected chi connectivity index (χ4v) is 2.15. The summed E-state index contributed by atoms with van der Waals surface area (Å²) in [6.45, 7) is 10.3. The second kappa shape index (κ2) is 4.99. The average Bonchev–Trinajstić information content (AvgIpc) is 2.72. The van der Waals surface area contributed by atoms with Crippen molar-refractivity contribution in [3.8, 4) is 0 Å². The standard InChI is InChI=1S/C14H8N2O5/c1-4-7-8(5-2)11(15-6-3)12(16(19)20)10-9(7)13(17)21-14(10)18/h4-5H,1-3H2. The third kappa shape index (κ3) is 1.89. The number of aliphatic imine (C=N–C) groups is 1. The number of benzene rings is 1. The molecule has 0 amide bonds. The van der Waals surface area contributed by atoms with Gasteiger partial charge in [-0.05, 0) is 18.0 Å². The molecule has 7 nitrogen and oxygen atoms in total. The summed E-state index contributed by atoms with van der Waals surface area (Å²) in [7, 11) is 0. The van der Waals surface area contributed by atoms with Crippen LogP contribution in [0.4, 0.5) is 11.4 Å². The summed E-state index contributed by atoms with van der Waals surface area (Å²) in [5, 5.41) is 11.3. The Morgan fingerprint density at radius 3 is 2.19 bits per heavy atom. The number of rotatable bonds is 4. The number of cyclic esters (lactones) is 2. The number of fused-ring (bicyclic) bond motifs is 1. The molecule has 0 atom stereocenters. The summed E-state index contributed by atoms with van der Waals surface area (Å²) in [6.07, 6.45) is 2.55. The molecule has 104 valence electrons. The van der Waals surface area contributed by atoms with Gasteiger partial charge in [-0.25, -0.2) is 9.59 Å². The Morgan fingerprint density at radius 2 is 1.71 bits per heavy atom. The number of nitro groups is 1. The highest BCUT2D eigenvalue weighted by atomic mass is 16.6. The molecule has 1 aromatic rings. The van der Waals surface area contributed by atoms with Crippen LogP contribution in [0.1, 0.15) is 31.8 Å². The monoisotopic (exact) mass is 284 g/mol. The van der Waals surface area contributed by atoms with Crippen LogP contribution in [0.2, 0.25) is 0 Å². The summed E-state index contributed by atoms with van der Waals surface area (Å²) >= 11 is 0. The molecule has 1 aliphatic rings. The zero-order valence-corrected chi connectivity index (χ0v) is 10.7. The van der Waals surface area contributed by atoms with Crippen molar-refractivity contribution in [1.82, 2.24) is 0 Å². The van der Waals surface area contributed by atoms with Crippen molar-refractivity contribution in [1.29, 1.82) is 0 Å². The largest absolute Gasteiger partial charge is 0.385 e. The molecule has 0 radical (unpaired) electrons. The van der Waals surface area contributed by atoms with Crippen LogP contribution in [0.25, 0.3) is 12.2 Å². The molecule has 1 heterocycles. The van der Waals surface area contributed by atoms with Crippen molar-refractivity contribution in [2.75, 3.05) is 0 Å². The summed E-state index contributed by atoms with van der Waals surface area (Å²) in [5.74, 6) is 0.110. The van der Waals surface area contributed by atoms with Crippen molar-refractivity contribution in [3.63, 3.8) is 0 Å². The number of carbonyl (C=O) groups is 2. The number of nitro benzene ring substituents is 1. The Balaban J connectivity index is 3.14. The number of ether oxygens (including phenoxy) is 1. The predicted molar refractivity (Wildman–Crippen MR) is 75.7 cm³/mol. The SMILES string of the molecule is C=C=Nc1c(C=C)c(C=C)c2c(c1[N+](=O)[O-])C(=O)OC2=O. The van der Waals surface area contributed by atoms with Crippen LogP contribution < -0.4 is 0 Å². The zero-order valence-electron chi connectivity index (χ0n) is 10.7. The highest BCUT2D eigenvalue weighted by Crippen LogP contribution is 2.43. The number of esters is 2. The molecule has 0 fully saturated rings. The van der Waals surface area contributed by atoms with E-state index in [1.165, 1.54) is 12.2 Å². The topological polar surface area (TPSA) is 98.9 Å². The van der Waals surface area contributed by atoms with Crippen LogP contribution in [0, 0.1) is 10.1 Å². The molecule has 0 spiro atoms. The van der Waals surface area contributed by atoms with Gasteiger partial charge in [-0.15, -0.1) is 0 Å². The maximum Gasteiger partial charge on any atom is 0.354 e. The molecule has 0 bridgehead atoms. The lowest BCUT2D eigenvalue weighted by Gasteiger charge is -2.09. The van der Waals surface area contributed by atoms with E-state index in [1.54, 1.807) is 0 Å². The molecule has 21 heavy (non-hydrogen) atoms. The van der Waals surface area contributed by atoms with Crippen LogP contribution in [0.5, 0.6) is 0 Å². The third-order valence-electron chi connectivity index (χ3n) is 2.90. The van der Waals surface area contributed by atoms with E-state index in [-0.39, 0.29) is 22.4 Å². The Labute approximate surface area is 118 Å². The first-order valence-electron chi connectivity index (χ1n) is 5.60. The van der Waals surface area contributed by atoms with Gasteiger partial charge in [0, 0.05) is 5.56 Å². The van der Waals surface area contributed by atoms with E-state index in [2.05, 4.69) is 35.3 Å². The van der Waals surface area contributed by atoms with Gasteiger partial charge >= 0.3 is 17.6 Å². The summed E-state index contributed by atoms with van der Waals surface area (Å²) < 4.78 is 4.46. The zero-order chi connectivity index (χ0) is 15.7. The van der Waals surface area contributed by atoms with E-state index < -0.39 is 28.1 Å². The van der Waals surface area contributed by atoms with E-state index in [4.69, 9.17) is 0 Å². The Morgan fingerprint density at radius 1 is 1.14 bits per heavy atom. The normalized spacial score (nSPS) is 12.2. The molecule has 1 aromatic carbocycles. The molecule has 2 rings (SSSR count). The summed E-state index contributed by atoms with van der Waals surface area (Å²) in [5.41, 5.74) is -1.10. The molecule has 0 N–H and O–H groups in total. The third-order valence-corrected chi connectivity index (χ3v) is 2.90. The second-order valence-electron chi connectivity index (χ2n) is 3.89. The van der Waals surface area contributed by atoms with Gasteiger partial charge in [-0.1, -0.05) is 25.3 Å². The minimum atomic E-state index is -1.10. The van der Waals surface area contributed by atoms with Crippen LogP contribution in [-0.4, -0.2) is 22.7 Å². The van der Waals surface area contributed by atoms with Gasteiger partial charge in [0.15, 0.2) is 11.3 Å². The van der Waals surface area contributed by atoms with Gasteiger partial charge in [-0.3, -0.25) is 10.1 Å². The van der Waals surface area contributed by atoms with E-state index in [0.717, 1.165) is 0 Å². The lowest BCUT2D eigenvalue weighted by Crippen LogP contribution is -2.04. The molecule has 0 saturated carbocycles. The van der Waals surface area contributed by atoms with Gasteiger partial charge in [-0.2, -0.15) is 4.99 Å². The van der Waals surface area contributed by atoms with Crippen LogP contribution >= 0.6 is 0 Å². The fraction of sp³-hybridized carbons (Fsp3) is 0. The maximum atomic E-state index is 11.8. The molecule has 1 aliphatic heterocycles. The number of hydrogen-bond acceptors (Lipinski definition) is 6. The van der Waals surface area contributed by atoms with Gasteiger partial charge in [0.1, 0.15) is 0 Å². The van der Waals surface area contributed by atoms with Gasteiger partial charge in [0.25, 0.3) is 0 Å². The van der Waals surface area contributed by atoms with Crippen molar-refractivity contribution in [3.05, 3.63) is 52.1 Å². The first-order valence-corrected chi connectivity index (χ1v) is 5.60. The fourth-order valence-electron chi connectivity index (χ4n) is 2.15. The van der Waals surface area contributed by atoms with E-state index in [9.17, 15) is 19.7 Å². The predicted octanol–water partition coefficient (Wildman–Crippen LogP) is 2.68. The maximum absolute atomic E-state index is 11.8. The van der Waals surface area contributed by atoms with Crippen molar-refractivity contribution in [2.24, 2.45) is 4.99 Å². The quantitative estimate of drug-likeness (QED) is 0.278. The Hall–Kier alpha value is -3.31. The first-order chi connectivity index (χ1) is 9.97. The van der Waals surface area contributed by atoms with E-state index in [1.807, 2.05) is 0 Å². The summed E-state index contributed by atoms with van der Waals surface area (Å²) in [6, 6.07) is 0. The van der Waals surface area contributed by atoms with Gasteiger partial charge in [0.05, 0.1) is 10.5 Å². The van der Waals surface area contributed by atoms with Crippen LogP contribution in [-0.2, 0) is 4.74 Å².